The second kappa shape index (κ2) is 8.67. The van der Waals surface area contributed by atoms with Gasteiger partial charge in [0.15, 0.2) is 0 Å². The Bertz CT molecular complexity index is 1270. The van der Waals surface area contributed by atoms with Crippen molar-refractivity contribution in [3.63, 3.8) is 0 Å². The van der Waals surface area contributed by atoms with Crippen LogP contribution < -0.4 is 10.2 Å². The van der Waals surface area contributed by atoms with Gasteiger partial charge in [-0.2, -0.15) is 5.10 Å². The summed E-state index contributed by atoms with van der Waals surface area (Å²) in [6.45, 7) is 1.88. The summed E-state index contributed by atoms with van der Waals surface area (Å²) in [6, 6.07) is 21.6. The quantitative estimate of drug-likeness (QED) is 0.293. The van der Waals surface area contributed by atoms with Gasteiger partial charge in [0.25, 0.3) is 5.91 Å². The topological polar surface area (TPSA) is 72.2 Å². The van der Waals surface area contributed by atoms with Gasteiger partial charge in [-0.25, -0.2) is 5.43 Å². The molecule has 0 spiro atoms. The van der Waals surface area contributed by atoms with Crippen molar-refractivity contribution in [2.24, 2.45) is 5.10 Å². The molecule has 0 aliphatic heterocycles. The fourth-order valence-corrected chi connectivity index (χ4v) is 3.49. The van der Waals surface area contributed by atoms with Crippen LogP contribution in [0.25, 0.3) is 5.52 Å². The van der Waals surface area contributed by atoms with Crippen molar-refractivity contribution in [3.05, 3.63) is 107 Å². The molecule has 0 bridgehead atoms. The van der Waals surface area contributed by atoms with Crippen molar-refractivity contribution < 1.29 is 14.3 Å². The minimum absolute atomic E-state index is 0.0683. The molecule has 31 heavy (non-hydrogen) atoms. The van der Waals surface area contributed by atoms with Crippen LogP contribution in [0.15, 0.2) is 84.1 Å². The number of carbonyl (C=O) groups is 2. The van der Waals surface area contributed by atoms with Crippen LogP contribution in [0.4, 0.5) is 0 Å². The van der Waals surface area contributed by atoms with Gasteiger partial charge in [0.2, 0.25) is 5.78 Å². The number of nitrogens with zero attached hydrogens (tertiary/aromatic N) is 2. The Hall–Kier alpha value is -4.19. The number of methoxy groups -OCH3 is 1. The van der Waals surface area contributed by atoms with E-state index < -0.39 is 0 Å². The van der Waals surface area contributed by atoms with Gasteiger partial charge in [-0.15, -0.1) is 0 Å². The lowest BCUT2D eigenvalue weighted by Gasteiger charge is -2.03. The highest BCUT2D eigenvalue weighted by atomic mass is 16.5. The third kappa shape index (κ3) is 3.96. The van der Waals surface area contributed by atoms with Gasteiger partial charge >= 0.3 is 0 Å². The van der Waals surface area contributed by atoms with Crippen LogP contribution in [0.2, 0.25) is 0 Å². The average molecular weight is 411 g/mol. The fraction of sp³-hybridized carbons (Fsp3) is 0.0800. The van der Waals surface area contributed by atoms with Crippen molar-refractivity contribution in [2.75, 3.05) is 7.11 Å². The molecule has 2 aromatic carbocycles. The van der Waals surface area contributed by atoms with Crippen LogP contribution in [0.5, 0.6) is 5.75 Å². The highest BCUT2D eigenvalue weighted by Crippen LogP contribution is 2.24. The summed E-state index contributed by atoms with van der Waals surface area (Å²) in [5, 5.41) is 4.14. The summed E-state index contributed by atoms with van der Waals surface area (Å²) in [6.07, 6.45) is 3.43. The van der Waals surface area contributed by atoms with E-state index in [0.29, 0.717) is 22.6 Å². The minimum Gasteiger partial charge on any atom is -0.497 e. The number of rotatable bonds is 6. The van der Waals surface area contributed by atoms with Gasteiger partial charge in [-0.3, -0.25) is 9.59 Å². The molecule has 2 aromatic heterocycles. The van der Waals surface area contributed by atoms with E-state index in [1.54, 1.807) is 49.7 Å². The Morgan fingerprint density at radius 3 is 2.35 bits per heavy atom. The molecule has 0 atom stereocenters. The number of amides is 1. The zero-order valence-corrected chi connectivity index (χ0v) is 17.2. The summed E-state index contributed by atoms with van der Waals surface area (Å²) in [4.78, 5) is 25.5. The van der Waals surface area contributed by atoms with Crippen LogP contribution >= 0.6 is 0 Å². The lowest BCUT2D eigenvalue weighted by molar-refractivity contribution is 0.0954. The predicted octanol–water partition coefficient (Wildman–Crippen LogP) is 4.25. The summed E-state index contributed by atoms with van der Waals surface area (Å²) < 4.78 is 6.96. The Kier molecular flexibility index (Phi) is 5.62. The summed E-state index contributed by atoms with van der Waals surface area (Å²) in [5.74, 6) is 0.272. The first-order valence-corrected chi connectivity index (χ1v) is 9.77. The maximum Gasteiger partial charge on any atom is 0.271 e. The molecule has 2 heterocycles. The lowest BCUT2D eigenvalue weighted by Crippen LogP contribution is -2.17. The van der Waals surface area contributed by atoms with Gasteiger partial charge in [0, 0.05) is 22.9 Å². The largest absolute Gasteiger partial charge is 0.497 e. The minimum atomic E-state index is -0.333. The van der Waals surface area contributed by atoms with Crippen molar-refractivity contribution in [3.8, 4) is 5.75 Å². The Balaban J connectivity index is 1.64. The molecule has 154 valence electrons. The molecule has 1 amide bonds. The molecular formula is C25H21N3O3. The van der Waals surface area contributed by atoms with Crippen molar-refractivity contribution in [2.45, 2.75) is 6.92 Å². The Morgan fingerprint density at radius 1 is 0.935 bits per heavy atom. The summed E-state index contributed by atoms with van der Waals surface area (Å²) >= 11 is 0. The first kappa shape index (κ1) is 20.1. The molecule has 0 aliphatic carbocycles. The van der Waals surface area contributed by atoms with E-state index in [1.807, 2.05) is 53.9 Å². The molecule has 0 saturated carbocycles. The van der Waals surface area contributed by atoms with Crippen LogP contribution in [0.1, 0.15) is 37.5 Å². The fourth-order valence-electron chi connectivity index (χ4n) is 3.49. The number of ether oxygens (including phenoxy) is 1. The number of ketones is 1. The van der Waals surface area contributed by atoms with Gasteiger partial charge in [-0.1, -0.05) is 36.4 Å². The van der Waals surface area contributed by atoms with Crippen LogP contribution in [0, 0.1) is 6.92 Å². The summed E-state index contributed by atoms with van der Waals surface area (Å²) in [5.41, 5.74) is 6.60. The zero-order chi connectivity index (χ0) is 21.8. The SMILES string of the molecule is COc1ccc(C(=O)N/N=C\c2c(C)c(C(=O)c3ccccc3)n3ccccc23)cc1. The second-order valence-electron chi connectivity index (χ2n) is 6.97. The number of fused-ring (bicyclic) bond motifs is 1. The van der Waals surface area contributed by atoms with E-state index in [1.165, 1.54) is 0 Å². The predicted molar refractivity (Wildman–Crippen MR) is 120 cm³/mol. The number of aromatic nitrogens is 1. The third-order valence-corrected chi connectivity index (χ3v) is 5.10. The number of hydrogen-bond acceptors (Lipinski definition) is 4. The molecule has 0 unspecified atom stereocenters. The molecule has 1 N–H and O–H groups in total. The summed E-state index contributed by atoms with van der Waals surface area (Å²) in [7, 11) is 1.57. The maximum absolute atomic E-state index is 13.2. The van der Waals surface area contributed by atoms with Crippen LogP contribution in [-0.4, -0.2) is 29.4 Å². The average Bonchev–Trinajstić information content (AvgIpc) is 3.10. The van der Waals surface area contributed by atoms with Crippen molar-refractivity contribution in [1.82, 2.24) is 9.83 Å². The van der Waals surface area contributed by atoms with Crippen molar-refractivity contribution >= 4 is 23.4 Å². The molecule has 4 aromatic rings. The van der Waals surface area contributed by atoms with Gasteiger partial charge in [-0.05, 0) is 48.9 Å². The Labute approximate surface area is 179 Å². The van der Waals surface area contributed by atoms with E-state index >= 15 is 0 Å². The molecule has 0 radical (unpaired) electrons. The van der Waals surface area contributed by atoms with Crippen LogP contribution in [-0.2, 0) is 0 Å². The third-order valence-electron chi connectivity index (χ3n) is 5.10. The number of hydrogen-bond donors (Lipinski definition) is 1. The molecule has 0 saturated heterocycles. The standard InChI is InChI=1S/C25H21N3O3/c1-17-21(16-26-27-25(30)19-11-13-20(31-2)14-12-19)22-10-6-7-15-28(22)23(17)24(29)18-8-4-3-5-9-18/h3-16H,1-2H3,(H,27,30)/b26-16-. The normalized spacial score (nSPS) is 11.0. The number of nitrogens with one attached hydrogen (secondary N) is 1. The second-order valence-corrected chi connectivity index (χ2v) is 6.97. The number of pyridine rings is 1. The molecule has 6 heteroatoms. The molecule has 0 fully saturated rings. The van der Waals surface area contributed by atoms with Crippen LogP contribution in [0.3, 0.4) is 0 Å². The smallest absolute Gasteiger partial charge is 0.271 e. The van der Waals surface area contributed by atoms with E-state index in [4.69, 9.17) is 4.74 Å². The molecule has 0 aliphatic rings. The highest BCUT2D eigenvalue weighted by Gasteiger charge is 2.20. The van der Waals surface area contributed by atoms with Gasteiger partial charge < -0.3 is 9.14 Å². The van der Waals surface area contributed by atoms with E-state index in [9.17, 15) is 9.59 Å². The first-order valence-electron chi connectivity index (χ1n) is 9.77. The zero-order valence-electron chi connectivity index (χ0n) is 17.2. The van der Waals surface area contributed by atoms with Crippen molar-refractivity contribution in [1.29, 1.82) is 0 Å². The molecule has 6 nitrogen and oxygen atoms in total. The lowest BCUT2D eigenvalue weighted by atomic mass is 10.0. The highest BCUT2D eigenvalue weighted by molar-refractivity contribution is 6.12. The Morgan fingerprint density at radius 2 is 1.65 bits per heavy atom. The van der Waals surface area contributed by atoms with Gasteiger partial charge in [0.05, 0.1) is 24.5 Å². The number of carbonyl (C=O) groups excluding carboxylic acids is 2. The first-order chi connectivity index (χ1) is 15.1. The van der Waals surface area contributed by atoms with Gasteiger partial charge in [0.1, 0.15) is 5.75 Å². The van der Waals surface area contributed by atoms with E-state index in [0.717, 1.165) is 16.6 Å². The number of hydrazone groups is 1. The number of benzene rings is 2. The van der Waals surface area contributed by atoms with E-state index in [-0.39, 0.29) is 11.7 Å². The molecular weight excluding hydrogens is 390 g/mol. The monoisotopic (exact) mass is 411 g/mol. The molecule has 4 rings (SSSR count). The van der Waals surface area contributed by atoms with E-state index in [2.05, 4.69) is 10.5 Å². The maximum atomic E-state index is 13.2.